The zero-order chi connectivity index (χ0) is 22.7. The molecule has 0 amide bonds. The number of nitrogens with one attached hydrogen (secondary N) is 1. The van der Waals surface area contributed by atoms with Crippen LogP contribution in [0.4, 0.5) is 11.5 Å². The van der Waals surface area contributed by atoms with Gasteiger partial charge in [0.05, 0.1) is 17.1 Å². The monoisotopic (exact) mass is 447 g/mol. The molecule has 0 aliphatic carbocycles. The van der Waals surface area contributed by atoms with Crippen LogP contribution in [0.3, 0.4) is 0 Å². The number of fused-ring (bicyclic) bond motifs is 1. The lowest BCUT2D eigenvalue weighted by atomic mass is 9.99. The Morgan fingerprint density at radius 1 is 1.12 bits per heavy atom. The van der Waals surface area contributed by atoms with Crippen LogP contribution in [0.5, 0.6) is 0 Å². The summed E-state index contributed by atoms with van der Waals surface area (Å²) in [7, 11) is 0. The number of aromatic nitrogens is 2. The van der Waals surface area contributed by atoms with E-state index in [4.69, 9.17) is 16.6 Å². The number of hydrogen-bond acceptors (Lipinski definition) is 5. The third-order valence-electron chi connectivity index (χ3n) is 5.82. The maximum absolute atomic E-state index is 9.36. The van der Waals surface area contributed by atoms with Crippen molar-refractivity contribution < 1.29 is 0 Å². The molecule has 0 saturated carbocycles. The summed E-state index contributed by atoms with van der Waals surface area (Å²) in [5.74, 6) is 1.57. The normalized spacial score (nSPS) is 17.0. The molecule has 4 rings (SSSR count). The Bertz CT molecular complexity index is 1180. The van der Waals surface area contributed by atoms with Gasteiger partial charge in [-0.15, -0.1) is 4.99 Å². The molecule has 1 aliphatic rings. The van der Waals surface area contributed by atoms with E-state index in [9.17, 15) is 5.26 Å². The second-order valence-corrected chi connectivity index (χ2v) is 8.61. The highest BCUT2D eigenvalue weighted by atomic mass is 35.5. The number of aliphatic imine (C=N–C) groups is 1. The van der Waals surface area contributed by atoms with Gasteiger partial charge >= 0.3 is 0 Å². The fraction of sp³-hybridized carbons (Fsp3) is 0.333. The summed E-state index contributed by atoms with van der Waals surface area (Å²) in [4.78, 5) is 17.8. The summed E-state index contributed by atoms with van der Waals surface area (Å²) >= 11 is 6.53. The Labute approximate surface area is 193 Å². The molecule has 0 bridgehead atoms. The molecule has 7 nitrogen and oxygen atoms in total. The van der Waals surface area contributed by atoms with Crippen molar-refractivity contribution in [2.45, 2.75) is 26.8 Å². The topological polar surface area (TPSA) is 80.4 Å². The number of para-hydroxylation sites is 3. The molecule has 1 fully saturated rings. The lowest BCUT2D eigenvalue weighted by Crippen LogP contribution is -2.59. The summed E-state index contributed by atoms with van der Waals surface area (Å²) in [6.07, 6.45) is 1.96. The number of hydrogen-bond donors (Lipinski definition) is 1. The molecular weight excluding hydrogens is 422 g/mol. The van der Waals surface area contributed by atoms with Crippen molar-refractivity contribution in [2.24, 2.45) is 10.9 Å². The first-order chi connectivity index (χ1) is 15.5. The molecule has 2 aromatic carbocycles. The summed E-state index contributed by atoms with van der Waals surface area (Å²) < 4.78 is 0. The first kappa shape index (κ1) is 21.8. The van der Waals surface area contributed by atoms with Crippen molar-refractivity contribution in [1.29, 1.82) is 5.26 Å². The molecule has 8 heteroatoms. The molecule has 1 saturated heterocycles. The molecule has 0 spiro atoms. The van der Waals surface area contributed by atoms with Crippen molar-refractivity contribution in [3.63, 3.8) is 0 Å². The van der Waals surface area contributed by atoms with Crippen molar-refractivity contribution >= 4 is 40.1 Å². The van der Waals surface area contributed by atoms with E-state index in [2.05, 4.69) is 38.9 Å². The van der Waals surface area contributed by atoms with Crippen molar-refractivity contribution in [2.75, 3.05) is 29.9 Å². The van der Waals surface area contributed by atoms with Crippen LogP contribution in [0.1, 0.15) is 19.4 Å². The first-order valence-corrected chi connectivity index (χ1v) is 11.1. The summed E-state index contributed by atoms with van der Waals surface area (Å²) in [5.41, 5.74) is 3.64. The predicted molar refractivity (Wildman–Crippen MR) is 130 cm³/mol. The molecule has 3 aromatic rings. The SMILES string of the molecule is Cc1ccccc1N/C(=N/C#N)N1CCN(c2nc3ccccc3nc2Cl)CC1C(C)C. The van der Waals surface area contributed by atoms with Gasteiger partial charge in [0.2, 0.25) is 12.2 Å². The van der Waals surface area contributed by atoms with Gasteiger partial charge in [-0.25, -0.2) is 9.97 Å². The minimum atomic E-state index is 0.108. The largest absolute Gasteiger partial charge is 0.350 e. The van der Waals surface area contributed by atoms with E-state index in [1.54, 1.807) is 0 Å². The second-order valence-electron chi connectivity index (χ2n) is 8.25. The van der Waals surface area contributed by atoms with Crippen LogP contribution in [0, 0.1) is 24.3 Å². The van der Waals surface area contributed by atoms with E-state index in [0.29, 0.717) is 42.5 Å². The van der Waals surface area contributed by atoms with Crippen LogP contribution in [0.25, 0.3) is 11.0 Å². The van der Waals surface area contributed by atoms with E-state index >= 15 is 0 Å². The molecule has 1 N–H and O–H groups in total. The Morgan fingerprint density at radius 2 is 1.81 bits per heavy atom. The summed E-state index contributed by atoms with van der Waals surface area (Å²) in [5, 5.41) is 13.1. The molecule has 164 valence electrons. The highest BCUT2D eigenvalue weighted by Crippen LogP contribution is 2.29. The average molecular weight is 448 g/mol. The summed E-state index contributed by atoms with van der Waals surface area (Å²) in [6.45, 7) is 8.44. The Kier molecular flexibility index (Phi) is 6.42. The van der Waals surface area contributed by atoms with Gasteiger partial charge in [-0.1, -0.05) is 55.8 Å². The average Bonchev–Trinajstić information content (AvgIpc) is 2.79. The highest BCUT2D eigenvalue weighted by molar-refractivity contribution is 6.32. The Balaban J connectivity index is 1.62. The first-order valence-electron chi connectivity index (χ1n) is 10.7. The molecule has 1 aromatic heterocycles. The van der Waals surface area contributed by atoms with Crippen molar-refractivity contribution in [1.82, 2.24) is 14.9 Å². The molecule has 1 atom stereocenters. The second kappa shape index (κ2) is 9.41. The quantitative estimate of drug-likeness (QED) is 0.356. The predicted octanol–water partition coefficient (Wildman–Crippen LogP) is 4.69. The van der Waals surface area contributed by atoms with E-state index in [-0.39, 0.29) is 6.04 Å². The maximum atomic E-state index is 9.36. The lowest BCUT2D eigenvalue weighted by Gasteiger charge is -2.45. The number of rotatable bonds is 3. The van der Waals surface area contributed by atoms with Gasteiger partial charge in [-0.3, -0.25) is 0 Å². The van der Waals surface area contributed by atoms with E-state index in [0.717, 1.165) is 22.3 Å². The van der Waals surface area contributed by atoms with Crippen LogP contribution in [0.15, 0.2) is 53.5 Å². The van der Waals surface area contributed by atoms with Crippen LogP contribution in [-0.2, 0) is 0 Å². The zero-order valence-corrected chi connectivity index (χ0v) is 19.2. The van der Waals surface area contributed by atoms with Gasteiger partial charge in [-0.05, 0) is 36.6 Å². The van der Waals surface area contributed by atoms with Crippen molar-refractivity contribution in [3.05, 3.63) is 59.2 Å². The van der Waals surface area contributed by atoms with Gasteiger partial charge < -0.3 is 15.1 Å². The fourth-order valence-electron chi connectivity index (χ4n) is 4.05. The number of aryl methyl sites for hydroxylation is 1. The third kappa shape index (κ3) is 4.46. The third-order valence-corrected chi connectivity index (χ3v) is 6.07. The van der Waals surface area contributed by atoms with E-state index < -0.39 is 0 Å². The van der Waals surface area contributed by atoms with Gasteiger partial charge in [0, 0.05) is 25.3 Å². The van der Waals surface area contributed by atoms with E-state index in [1.807, 2.05) is 61.6 Å². The highest BCUT2D eigenvalue weighted by Gasteiger charge is 2.33. The molecule has 1 unspecified atom stereocenters. The Hall–Kier alpha value is -3.37. The van der Waals surface area contributed by atoms with Crippen LogP contribution in [0.2, 0.25) is 5.15 Å². The van der Waals surface area contributed by atoms with E-state index in [1.165, 1.54) is 0 Å². The minimum absolute atomic E-state index is 0.108. The molecule has 32 heavy (non-hydrogen) atoms. The van der Waals surface area contributed by atoms with Crippen LogP contribution < -0.4 is 10.2 Å². The molecule has 0 radical (unpaired) electrons. The smallest absolute Gasteiger partial charge is 0.214 e. The van der Waals surface area contributed by atoms with Crippen LogP contribution >= 0.6 is 11.6 Å². The van der Waals surface area contributed by atoms with Gasteiger partial charge in [-0.2, -0.15) is 5.26 Å². The number of anilines is 2. The number of guanidine groups is 1. The van der Waals surface area contributed by atoms with Gasteiger partial charge in [0.15, 0.2) is 11.0 Å². The number of benzene rings is 2. The zero-order valence-electron chi connectivity index (χ0n) is 18.5. The number of nitrogens with zero attached hydrogens (tertiary/aromatic N) is 6. The van der Waals surface area contributed by atoms with Gasteiger partial charge in [0.1, 0.15) is 0 Å². The summed E-state index contributed by atoms with van der Waals surface area (Å²) in [6, 6.07) is 15.8. The number of halogens is 1. The van der Waals surface area contributed by atoms with Crippen LogP contribution in [-0.4, -0.2) is 46.5 Å². The fourth-order valence-corrected chi connectivity index (χ4v) is 4.30. The van der Waals surface area contributed by atoms with Gasteiger partial charge in [0.25, 0.3) is 0 Å². The minimum Gasteiger partial charge on any atom is -0.350 e. The number of nitriles is 1. The molecule has 2 heterocycles. The molecule has 1 aliphatic heterocycles. The maximum Gasteiger partial charge on any atom is 0.214 e. The lowest BCUT2D eigenvalue weighted by molar-refractivity contribution is 0.224. The number of piperazine rings is 1. The Morgan fingerprint density at radius 3 is 2.50 bits per heavy atom. The standard InChI is InChI=1S/C24H26ClN7/c1-16(2)21-14-31(23-22(25)28-19-10-6-7-11-20(19)29-23)12-13-32(21)24(27-15-26)30-18-9-5-4-8-17(18)3/h4-11,16,21H,12-14H2,1-3H3,(H,27,30). The van der Waals surface area contributed by atoms with Crippen molar-refractivity contribution in [3.8, 4) is 6.19 Å². The molecular formula is C24H26ClN7.